The van der Waals surface area contributed by atoms with Gasteiger partial charge >= 0.3 is 0 Å². The fourth-order valence-electron chi connectivity index (χ4n) is 3.46. The van der Waals surface area contributed by atoms with Crippen molar-refractivity contribution in [2.75, 3.05) is 0 Å². The molecule has 1 aliphatic rings. The Morgan fingerprint density at radius 1 is 0.857 bits per heavy atom. The molecule has 0 radical (unpaired) electrons. The first kappa shape index (κ1) is 11.1. The van der Waals surface area contributed by atoms with Crippen molar-refractivity contribution in [1.82, 2.24) is 0 Å². The number of para-hydroxylation sites is 1. The molecule has 2 heteroatoms. The van der Waals surface area contributed by atoms with Crippen molar-refractivity contribution >= 4 is 21.9 Å². The summed E-state index contributed by atoms with van der Waals surface area (Å²) in [5.41, 5.74) is 5.88. The van der Waals surface area contributed by atoms with Gasteiger partial charge in [0.15, 0.2) is 12.7 Å². The number of furan rings is 1. The van der Waals surface area contributed by atoms with E-state index in [-0.39, 0.29) is 0 Å². The summed E-state index contributed by atoms with van der Waals surface area (Å²) in [7, 11) is 0. The van der Waals surface area contributed by atoms with Gasteiger partial charge in [0.05, 0.1) is 5.56 Å². The van der Waals surface area contributed by atoms with Crippen molar-refractivity contribution in [1.29, 1.82) is 0 Å². The van der Waals surface area contributed by atoms with Crippen LogP contribution in [0.25, 0.3) is 33.2 Å². The van der Waals surface area contributed by atoms with E-state index >= 15 is 0 Å². The van der Waals surface area contributed by atoms with Gasteiger partial charge < -0.3 is 4.42 Å². The second kappa shape index (κ2) is 3.95. The Bertz CT molecular complexity index is 997. The molecule has 2 aromatic carbocycles. The highest BCUT2D eigenvalue weighted by Crippen LogP contribution is 2.38. The van der Waals surface area contributed by atoms with Gasteiger partial charge in [-0.15, -0.1) is 0 Å². The summed E-state index contributed by atoms with van der Waals surface area (Å²) < 4.78 is 8.51. The highest BCUT2D eigenvalue weighted by atomic mass is 16.3. The molecule has 3 heterocycles. The number of rotatable bonds is 0. The lowest BCUT2D eigenvalue weighted by molar-refractivity contribution is -0.687. The number of hydrogen-bond acceptors (Lipinski definition) is 1. The molecule has 0 N–H and O–H groups in total. The molecule has 0 unspecified atom stereocenters. The van der Waals surface area contributed by atoms with Crippen LogP contribution in [0.3, 0.4) is 0 Å². The van der Waals surface area contributed by atoms with Crippen LogP contribution in [0.2, 0.25) is 0 Å². The number of hydrogen-bond donors (Lipinski definition) is 0. The van der Waals surface area contributed by atoms with E-state index in [0.717, 1.165) is 24.1 Å². The molecule has 0 spiro atoms. The first-order valence-electron chi connectivity index (χ1n) is 7.34. The Kier molecular flexibility index (Phi) is 2.09. The standard InChI is InChI=1S/C19H14NO/c1-2-7-17-14(5-1)15-9-8-13-10-12-20-11-4-3-6-16(20)18(13)19(15)21-17/h1-9,11H,10,12H2/q+1. The van der Waals surface area contributed by atoms with E-state index in [0.29, 0.717) is 0 Å². The quantitative estimate of drug-likeness (QED) is 0.440. The van der Waals surface area contributed by atoms with Crippen LogP contribution >= 0.6 is 0 Å². The van der Waals surface area contributed by atoms with Crippen LogP contribution in [0.4, 0.5) is 0 Å². The zero-order valence-corrected chi connectivity index (χ0v) is 11.5. The molecular weight excluding hydrogens is 258 g/mol. The Morgan fingerprint density at radius 2 is 1.76 bits per heavy atom. The molecule has 21 heavy (non-hydrogen) atoms. The van der Waals surface area contributed by atoms with Gasteiger partial charge in [-0.2, -0.15) is 4.57 Å². The van der Waals surface area contributed by atoms with Gasteiger partial charge in [0.25, 0.3) is 0 Å². The molecule has 0 amide bonds. The predicted octanol–water partition coefficient (Wildman–Crippen LogP) is 4.10. The molecule has 1 aliphatic heterocycles. The van der Waals surface area contributed by atoms with E-state index in [1.807, 2.05) is 12.1 Å². The van der Waals surface area contributed by atoms with Crippen LogP contribution in [0, 0.1) is 0 Å². The van der Waals surface area contributed by atoms with Crippen LogP contribution in [0.15, 0.2) is 65.2 Å². The normalized spacial score (nSPS) is 13.3. The molecule has 0 saturated carbocycles. The second-order valence-electron chi connectivity index (χ2n) is 5.60. The first-order chi connectivity index (χ1) is 10.4. The monoisotopic (exact) mass is 272 g/mol. The van der Waals surface area contributed by atoms with Crippen molar-refractivity contribution in [2.24, 2.45) is 0 Å². The third kappa shape index (κ3) is 1.44. The van der Waals surface area contributed by atoms with Gasteiger partial charge in [-0.05, 0) is 17.7 Å². The molecule has 4 aromatic rings. The van der Waals surface area contributed by atoms with Crippen LogP contribution in [-0.4, -0.2) is 0 Å². The van der Waals surface area contributed by atoms with Crippen molar-refractivity contribution in [3.63, 3.8) is 0 Å². The maximum Gasteiger partial charge on any atom is 0.216 e. The van der Waals surface area contributed by atoms with Gasteiger partial charge in [-0.3, -0.25) is 0 Å². The summed E-state index contributed by atoms with van der Waals surface area (Å²) in [5, 5.41) is 2.41. The molecular formula is C19H14NO+. The highest BCUT2D eigenvalue weighted by Gasteiger charge is 2.26. The summed E-state index contributed by atoms with van der Waals surface area (Å²) in [5.74, 6) is 0. The van der Waals surface area contributed by atoms with E-state index < -0.39 is 0 Å². The Hall–Kier alpha value is -2.61. The Morgan fingerprint density at radius 3 is 2.76 bits per heavy atom. The summed E-state index contributed by atoms with van der Waals surface area (Å²) in [6.45, 7) is 1.04. The highest BCUT2D eigenvalue weighted by molar-refractivity contribution is 6.09. The van der Waals surface area contributed by atoms with Gasteiger partial charge in [0.1, 0.15) is 11.2 Å². The SMILES string of the molecule is c1cc[n+]2c(c1)-c1c(ccc3c1oc1ccccc13)CC2. The maximum atomic E-state index is 6.19. The fourth-order valence-corrected chi connectivity index (χ4v) is 3.46. The number of pyridine rings is 1. The molecule has 0 fully saturated rings. The number of aromatic nitrogens is 1. The van der Waals surface area contributed by atoms with E-state index in [2.05, 4.69) is 53.2 Å². The summed E-state index contributed by atoms with van der Waals surface area (Å²) in [6, 6.07) is 19.1. The summed E-state index contributed by atoms with van der Waals surface area (Å²) in [4.78, 5) is 0. The van der Waals surface area contributed by atoms with Crippen molar-refractivity contribution in [3.8, 4) is 11.3 Å². The lowest BCUT2D eigenvalue weighted by Crippen LogP contribution is -2.39. The minimum Gasteiger partial charge on any atom is -0.455 e. The van der Waals surface area contributed by atoms with Crippen LogP contribution in [0.1, 0.15) is 5.56 Å². The lowest BCUT2D eigenvalue weighted by atomic mass is 9.95. The van der Waals surface area contributed by atoms with E-state index in [4.69, 9.17) is 4.42 Å². The van der Waals surface area contributed by atoms with Crippen LogP contribution in [0.5, 0.6) is 0 Å². The van der Waals surface area contributed by atoms with Crippen molar-refractivity contribution in [3.05, 3.63) is 66.4 Å². The van der Waals surface area contributed by atoms with Gasteiger partial charge in [-0.25, -0.2) is 0 Å². The fraction of sp³-hybridized carbons (Fsp3) is 0.105. The molecule has 2 aromatic heterocycles. The molecule has 0 saturated heterocycles. The average molecular weight is 272 g/mol. The molecule has 5 rings (SSSR count). The minimum atomic E-state index is 0.967. The number of nitrogens with zero attached hydrogens (tertiary/aromatic N) is 1. The predicted molar refractivity (Wildman–Crippen MR) is 83.1 cm³/mol. The van der Waals surface area contributed by atoms with Crippen LogP contribution < -0.4 is 4.57 Å². The Balaban J connectivity index is 1.98. The second-order valence-corrected chi connectivity index (χ2v) is 5.60. The van der Waals surface area contributed by atoms with Crippen molar-refractivity contribution < 1.29 is 8.98 Å². The van der Waals surface area contributed by atoms with Crippen LogP contribution in [-0.2, 0) is 13.0 Å². The largest absolute Gasteiger partial charge is 0.455 e. The van der Waals surface area contributed by atoms with E-state index in [9.17, 15) is 0 Å². The van der Waals surface area contributed by atoms with Gasteiger partial charge in [0.2, 0.25) is 5.69 Å². The zero-order valence-electron chi connectivity index (χ0n) is 11.5. The molecule has 0 aliphatic carbocycles. The van der Waals surface area contributed by atoms with E-state index in [1.165, 1.54) is 27.6 Å². The van der Waals surface area contributed by atoms with Crippen molar-refractivity contribution in [2.45, 2.75) is 13.0 Å². The molecule has 2 nitrogen and oxygen atoms in total. The molecule has 0 bridgehead atoms. The Labute approximate surface area is 122 Å². The number of fused-ring (bicyclic) bond motifs is 7. The summed E-state index contributed by atoms with van der Waals surface area (Å²) >= 11 is 0. The average Bonchev–Trinajstić information content (AvgIpc) is 2.93. The number of benzene rings is 2. The molecule has 0 atom stereocenters. The third-order valence-corrected chi connectivity index (χ3v) is 4.45. The van der Waals surface area contributed by atoms with Gasteiger partial charge in [0, 0.05) is 29.3 Å². The molecule has 100 valence electrons. The number of aryl methyl sites for hydroxylation is 2. The smallest absolute Gasteiger partial charge is 0.216 e. The first-order valence-corrected chi connectivity index (χ1v) is 7.34. The van der Waals surface area contributed by atoms with Gasteiger partial charge in [-0.1, -0.05) is 30.3 Å². The van der Waals surface area contributed by atoms with E-state index in [1.54, 1.807) is 0 Å². The maximum absolute atomic E-state index is 6.19. The zero-order chi connectivity index (χ0) is 13.8. The summed E-state index contributed by atoms with van der Waals surface area (Å²) in [6.07, 6.45) is 3.21. The minimum absolute atomic E-state index is 0.967. The third-order valence-electron chi connectivity index (χ3n) is 4.45. The topological polar surface area (TPSA) is 17.0 Å². The lowest BCUT2D eigenvalue weighted by Gasteiger charge is -2.14.